The number of fused-ring (bicyclic) bond motifs is 3. The van der Waals surface area contributed by atoms with Gasteiger partial charge in [0.25, 0.3) is 11.5 Å². The molecule has 2 aromatic carbocycles. The standard InChI is InChI=1S/C20H16N2O4S/c1-25-11-7-8-16(26-2)15(9-11)22-20(24)17-10-13-18(27-17)12-5-3-4-6-14(12)21-19(13)23/h3-10H,1-2H3,(H,21,23)(H,22,24). The lowest BCUT2D eigenvalue weighted by molar-refractivity contribution is 0.103. The first kappa shape index (κ1) is 17.1. The van der Waals surface area contributed by atoms with E-state index in [0.717, 1.165) is 15.6 Å². The molecule has 2 N–H and O–H groups in total. The number of methoxy groups -OCH3 is 2. The predicted molar refractivity (Wildman–Crippen MR) is 107 cm³/mol. The van der Waals surface area contributed by atoms with Gasteiger partial charge in [0.05, 0.1) is 30.2 Å². The number of benzene rings is 2. The number of para-hydroxylation sites is 1. The number of carbonyl (C=O) groups is 1. The summed E-state index contributed by atoms with van der Waals surface area (Å²) >= 11 is 1.29. The van der Waals surface area contributed by atoms with Gasteiger partial charge in [-0.1, -0.05) is 18.2 Å². The van der Waals surface area contributed by atoms with Gasteiger partial charge in [-0.15, -0.1) is 11.3 Å². The summed E-state index contributed by atoms with van der Waals surface area (Å²) in [4.78, 5) is 28.4. The van der Waals surface area contributed by atoms with Gasteiger partial charge < -0.3 is 19.8 Å². The third-order valence-electron chi connectivity index (χ3n) is 4.28. The third kappa shape index (κ3) is 3.02. The van der Waals surface area contributed by atoms with Crippen LogP contribution in [-0.2, 0) is 0 Å². The van der Waals surface area contributed by atoms with Crippen LogP contribution in [0.3, 0.4) is 0 Å². The van der Waals surface area contributed by atoms with Crippen molar-refractivity contribution in [3.05, 3.63) is 63.8 Å². The second kappa shape index (κ2) is 6.77. The van der Waals surface area contributed by atoms with Crippen LogP contribution < -0.4 is 20.3 Å². The highest BCUT2D eigenvalue weighted by Gasteiger charge is 2.16. The van der Waals surface area contributed by atoms with Crippen LogP contribution in [0.5, 0.6) is 11.5 Å². The van der Waals surface area contributed by atoms with Crippen molar-refractivity contribution in [2.45, 2.75) is 0 Å². The Labute approximate surface area is 158 Å². The number of ether oxygens (including phenoxy) is 2. The highest BCUT2D eigenvalue weighted by atomic mass is 32.1. The highest BCUT2D eigenvalue weighted by Crippen LogP contribution is 2.32. The van der Waals surface area contributed by atoms with Gasteiger partial charge in [0.1, 0.15) is 11.5 Å². The first-order chi connectivity index (χ1) is 13.1. The molecule has 7 heteroatoms. The predicted octanol–water partition coefficient (Wildman–Crippen LogP) is 4.01. The maximum absolute atomic E-state index is 12.8. The Balaban J connectivity index is 1.77. The topological polar surface area (TPSA) is 80.4 Å². The number of thiophene rings is 1. The minimum Gasteiger partial charge on any atom is -0.497 e. The molecule has 0 aliphatic heterocycles. The fraction of sp³-hybridized carbons (Fsp3) is 0.100. The van der Waals surface area contributed by atoms with Crippen molar-refractivity contribution >= 4 is 43.9 Å². The van der Waals surface area contributed by atoms with Gasteiger partial charge in [0.2, 0.25) is 0 Å². The molecule has 2 aromatic heterocycles. The summed E-state index contributed by atoms with van der Waals surface area (Å²) in [5.41, 5.74) is 1.04. The quantitative estimate of drug-likeness (QED) is 0.561. The molecule has 1 amide bonds. The van der Waals surface area contributed by atoms with E-state index < -0.39 is 0 Å². The molecule has 0 aliphatic rings. The molecule has 136 valence electrons. The second-order valence-electron chi connectivity index (χ2n) is 5.87. The van der Waals surface area contributed by atoms with Crippen molar-refractivity contribution in [3.8, 4) is 11.5 Å². The molecular weight excluding hydrogens is 364 g/mol. The van der Waals surface area contributed by atoms with E-state index in [4.69, 9.17) is 9.47 Å². The van der Waals surface area contributed by atoms with Crippen LogP contribution in [0.25, 0.3) is 21.0 Å². The number of amides is 1. The van der Waals surface area contributed by atoms with Crippen molar-refractivity contribution in [1.82, 2.24) is 4.98 Å². The number of carbonyl (C=O) groups excluding carboxylic acids is 1. The fourth-order valence-corrected chi connectivity index (χ4v) is 4.04. The first-order valence-electron chi connectivity index (χ1n) is 8.18. The highest BCUT2D eigenvalue weighted by molar-refractivity contribution is 7.21. The van der Waals surface area contributed by atoms with E-state index in [1.165, 1.54) is 18.4 Å². The lowest BCUT2D eigenvalue weighted by Gasteiger charge is -2.11. The lowest BCUT2D eigenvalue weighted by Crippen LogP contribution is -2.11. The lowest BCUT2D eigenvalue weighted by atomic mass is 10.2. The van der Waals surface area contributed by atoms with Gasteiger partial charge in [0, 0.05) is 21.7 Å². The molecule has 27 heavy (non-hydrogen) atoms. The zero-order valence-electron chi connectivity index (χ0n) is 14.7. The van der Waals surface area contributed by atoms with E-state index in [-0.39, 0.29) is 11.5 Å². The minimum absolute atomic E-state index is 0.210. The molecule has 0 fully saturated rings. The largest absolute Gasteiger partial charge is 0.497 e. The molecule has 0 bridgehead atoms. The van der Waals surface area contributed by atoms with Crippen LogP contribution in [0.1, 0.15) is 9.67 Å². The molecule has 4 rings (SSSR count). The van der Waals surface area contributed by atoms with Gasteiger partial charge >= 0.3 is 0 Å². The number of anilines is 1. The Hall–Kier alpha value is -3.32. The number of hydrogen-bond acceptors (Lipinski definition) is 5. The monoisotopic (exact) mass is 380 g/mol. The van der Waals surface area contributed by atoms with E-state index in [0.29, 0.717) is 27.4 Å². The summed E-state index contributed by atoms with van der Waals surface area (Å²) in [7, 11) is 3.08. The SMILES string of the molecule is COc1ccc(OC)c(NC(=O)c2cc3c(=O)[nH]c4ccccc4c3s2)c1. The molecule has 0 saturated carbocycles. The normalized spacial score (nSPS) is 10.9. The summed E-state index contributed by atoms with van der Waals surface area (Å²) in [6.45, 7) is 0. The molecule has 0 spiro atoms. The number of rotatable bonds is 4. The average Bonchev–Trinajstić information content (AvgIpc) is 3.14. The smallest absolute Gasteiger partial charge is 0.265 e. The van der Waals surface area contributed by atoms with E-state index in [9.17, 15) is 9.59 Å². The van der Waals surface area contributed by atoms with Gasteiger partial charge in [-0.05, 0) is 24.3 Å². The number of aromatic nitrogens is 1. The van der Waals surface area contributed by atoms with Crippen LogP contribution in [-0.4, -0.2) is 25.1 Å². The third-order valence-corrected chi connectivity index (χ3v) is 5.44. The molecule has 0 aliphatic carbocycles. The zero-order chi connectivity index (χ0) is 19.0. The Morgan fingerprint density at radius 3 is 2.63 bits per heavy atom. The Bertz CT molecular complexity index is 1230. The van der Waals surface area contributed by atoms with E-state index >= 15 is 0 Å². The summed E-state index contributed by atoms with van der Waals surface area (Å²) < 4.78 is 11.3. The molecule has 0 saturated heterocycles. The molecule has 0 radical (unpaired) electrons. The van der Waals surface area contributed by atoms with E-state index in [2.05, 4.69) is 10.3 Å². The zero-order valence-corrected chi connectivity index (χ0v) is 15.5. The van der Waals surface area contributed by atoms with Crippen LogP contribution >= 0.6 is 11.3 Å². The van der Waals surface area contributed by atoms with Crippen molar-refractivity contribution in [1.29, 1.82) is 0 Å². The van der Waals surface area contributed by atoms with Gasteiger partial charge in [0.15, 0.2) is 0 Å². The molecule has 0 atom stereocenters. The number of aromatic amines is 1. The average molecular weight is 380 g/mol. The summed E-state index contributed by atoms with van der Waals surface area (Å²) in [6.07, 6.45) is 0. The van der Waals surface area contributed by atoms with Crippen LogP contribution in [0.2, 0.25) is 0 Å². The van der Waals surface area contributed by atoms with Crippen molar-refractivity contribution in [2.75, 3.05) is 19.5 Å². The van der Waals surface area contributed by atoms with E-state index in [1.807, 2.05) is 24.3 Å². The molecule has 6 nitrogen and oxygen atoms in total. The van der Waals surface area contributed by atoms with Gasteiger partial charge in [-0.3, -0.25) is 9.59 Å². The number of pyridine rings is 1. The number of H-pyrrole nitrogens is 1. The Kier molecular flexibility index (Phi) is 4.29. The Morgan fingerprint density at radius 1 is 1.04 bits per heavy atom. The first-order valence-corrected chi connectivity index (χ1v) is 9.00. The van der Waals surface area contributed by atoms with Crippen molar-refractivity contribution < 1.29 is 14.3 Å². The number of nitrogens with one attached hydrogen (secondary N) is 2. The minimum atomic E-state index is -0.314. The summed E-state index contributed by atoms with van der Waals surface area (Å²) in [5.74, 6) is 0.810. The fourth-order valence-electron chi connectivity index (χ4n) is 2.95. The van der Waals surface area contributed by atoms with Crippen molar-refractivity contribution in [2.24, 2.45) is 0 Å². The molecule has 0 unspecified atom stereocenters. The second-order valence-corrected chi connectivity index (χ2v) is 6.93. The van der Waals surface area contributed by atoms with Gasteiger partial charge in [-0.2, -0.15) is 0 Å². The van der Waals surface area contributed by atoms with Gasteiger partial charge in [-0.25, -0.2) is 0 Å². The summed E-state index contributed by atoms with van der Waals surface area (Å²) in [6, 6.07) is 14.3. The molecular formula is C20H16N2O4S. The number of hydrogen-bond donors (Lipinski definition) is 2. The van der Waals surface area contributed by atoms with Crippen LogP contribution in [0.15, 0.2) is 53.3 Å². The maximum Gasteiger partial charge on any atom is 0.265 e. The summed E-state index contributed by atoms with van der Waals surface area (Å²) in [5, 5.41) is 4.25. The Morgan fingerprint density at radius 2 is 1.85 bits per heavy atom. The maximum atomic E-state index is 12.8. The van der Waals surface area contributed by atoms with E-state index in [1.54, 1.807) is 31.4 Å². The van der Waals surface area contributed by atoms with Crippen LogP contribution in [0, 0.1) is 0 Å². The van der Waals surface area contributed by atoms with Crippen molar-refractivity contribution in [3.63, 3.8) is 0 Å². The molecule has 2 heterocycles. The molecule has 4 aromatic rings. The van der Waals surface area contributed by atoms with Crippen LogP contribution in [0.4, 0.5) is 5.69 Å².